The first-order valence-electron chi connectivity index (χ1n) is 8.38. The molecule has 2 aromatic carbocycles. The van der Waals surface area contributed by atoms with Gasteiger partial charge >= 0.3 is 0 Å². The van der Waals surface area contributed by atoms with Crippen LogP contribution in [0.4, 0.5) is 0 Å². The molecule has 0 aliphatic rings. The molecule has 0 unspecified atom stereocenters. The molecular weight excluding hydrogens is 328 g/mol. The van der Waals surface area contributed by atoms with Crippen LogP contribution in [0.25, 0.3) is 0 Å². The second-order valence-electron chi connectivity index (χ2n) is 6.20. The van der Waals surface area contributed by atoms with Crippen molar-refractivity contribution in [1.82, 2.24) is 9.88 Å². The van der Waals surface area contributed by atoms with E-state index in [0.29, 0.717) is 13.0 Å². The van der Waals surface area contributed by atoms with Crippen molar-refractivity contribution in [3.05, 3.63) is 87.9 Å². The summed E-state index contributed by atoms with van der Waals surface area (Å²) in [4.78, 5) is 18.9. The summed E-state index contributed by atoms with van der Waals surface area (Å²) in [5, 5.41) is 2.90. The van der Waals surface area contributed by atoms with Crippen LogP contribution in [0.3, 0.4) is 0 Å². The summed E-state index contributed by atoms with van der Waals surface area (Å²) < 4.78 is 0. The van der Waals surface area contributed by atoms with Gasteiger partial charge < -0.3 is 4.90 Å². The number of nitrogens with zero attached hydrogens (tertiary/aromatic N) is 2. The molecule has 4 heteroatoms. The SMILES string of the molecule is Cc1ccccc1[C@H](CC(=O)N(C)Cc1nccs1)c1ccccc1. The first-order chi connectivity index (χ1) is 12.1. The molecule has 0 N–H and O–H groups in total. The summed E-state index contributed by atoms with van der Waals surface area (Å²) in [5.41, 5.74) is 3.60. The number of benzene rings is 2. The van der Waals surface area contributed by atoms with Crippen molar-refractivity contribution >= 4 is 17.2 Å². The van der Waals surface area contributed by atoms with Crippen LogP contribution in [0, 0.1) is 6.92 Å². The van der Waals surface area contributed by atoms with Crippen molar-refractivity contribution in [1.29, 1.82) is 0 Å². The second kappa shape index (κ2) is 8.08. The Kier molecular flexibility index (Phi) is 5.61. The van der Waals surface area contributed by atoms with Gasteiger partial charge in [0.05, 0.1) is 6.54 Å². The Morgan fingerprint density at radius 1 is 1.12 bits per heavy atom. The van der Waals surface area contributed by atoms with Crippen LogP contribution in [0.1, 0.15) is 34.0 Å². The number of aromatic nitrogens is 1. The van der Waals surface area contributed by atoms with Crippen molar-refractivity contribution in [3.8, 4) is 0 Å². The van der Waals surface area contributed by atoms with Gasteiger partial charge in [0.1, 0.15) is 5.01 Å². The van der Waals surface area contributed by atoms with Gasteiger partial charge in [-0.1, -0.05) is 54.6 Å². The minimum absolute atomic E-state index is 0.0636. The minimum Gasteiger partial charge on any atom is -0.339 e. The lowest BCUT2D eigenvalue weighted by Gasteiger charge is -2.23. The topological polar surface area (TPSA) is 33.2 Å². The van der Waals surface area contributed by atoms with Crippen LogP contribution < -0.4 is 0 Å². The molecule has 0 fully saturated rings. The third-order valence-corrected chi connectivity index (χ3v) is 5.19. The van der Waals surface area contributed by atoms with E-state index in [1.165, 1.54) is 16.7 Å². The van der Waals surface area contributed by atoms with E-state index in [-0.39, 0.29) is 11.8 Å². The molecule has 1 heterocycles. The fourth-order valence-electron chi connectivity index (χ4n) is 3.02. The molecule has 1 amide bonds. The maximum atomic E-state index is 12.8. The maximum Gasteiger partial charge on any atom is 0.223 e. The zero-order valence-electron chi connectivity index (χ0n) is 14.6. The number of carbonyl (C=O) groups is 1. The molecule has 0 spiro atoms. The lowest BCUT2D eigenvalue weighted by molar-refractivity contribution is -0.130. The van der Waals surface area contributed by atoms with Gasteiger partial charge in [0, 0.05) is 31.0 Å². The number of hydrogen-bond acceptors (Lipinski definition) is 3. The minimum atomic E-state index is 0.0636. The van der Waals surface area contributed by atoms with Gasteiger partial charge in [-0.25, -0.2) is 4.98 Å². The van der Waals surface area contributed by atoms with Crippen LogP contribution >= 0.6 is 11.3 Å². The Labute approximate surface area is 153 Å². The highest BCUT2D eigenvalue weighted by Gasteiger charge is 2.22. The van der Waals surface area contributed by atoms with E-state index in [2.05, 4.69) is 36.2 Å². The van der Waals surface area contributed by atoms with Crippen molar-refractivity contribution in [2.75, 3.05) is 7.05 Å². The fraction of sp³-hybridized carbons (Fsp3) is 0.238. The van der Waals surface area contributed by atoms with Crippen LogP contribution in [0.5, 0.6) is 0 Å². The Morgan fingerprint density at radius 3 is 2.52 bits per heavy atom. The van der Waals surface area contributed by atoms with Crippen molar-refractivity contribution in [2.24, 2.45) is 0 Å². The summed E-state index contributed by atoms with van der Waals surface area (Å²) in [6.45, 7) is 2.67. The predicted octanol–water partition coefficient (Wildman–Crippen LogP) is 4.63. The summed E-state index contributed by atoms with van der Waals surface area (Å²) in [7, 11) is 1.85. The molecule has 0 saturated carbocycles. The number of thiazole rings is 1. The molecule has 3 nitrogen and oxygen atoms in total. The van der Waals surface area contributed by atoms with Gasteiger partial charge in [-0.3, -0.25) is 4.79 Å². The number of hydrogen-bond donors (Lipinski definition) is 0. The molecule has 0 saturated heterocycles. The number of carbonyl (C=O) groups excluding carboxylic acids is 1. The lowest BCUT2D eigenvalue weighted by atomic mass is 9.86. The Bertz CT molecular complexity index is 815. The van der Waals surface area contributed by atoms with E-state index < -0.39 is 0 Å². The molecule has 1 aromatic heterocycles. The monoisotopic (exact) mass is 350 g/mol. The largest absolute Gasteiger partial charge is 0.339 e. The lowest BCUT2D eigenvalue weighted by Crippen LogP contribution is -2.28. The first kappa shape index (κ1) is 17.4. The molecule has 0 aliphatic carbocycles. The summed E-state index contributed by atoms with van der Waals surface area (Å²) in [5.74, 6) is 0.195. The Hall–Kier alpha value is -2.46. The van der Waals surface area contributed by atoms with Crippen LogP contribution in [0.15, 0.2) is 66.2 Å². The predicted molar refractivity (Wildman–Crippen MR) is 103 cm³/mol. The first-order valence-corrected chi connectivity index (χ1v) is 9.26. The highest BCUT2D eigenvalue weighted by atomic mass is 32.1. The van der Waals surface area contributed by atoms with E-state index in [0.717, 1.165) is 5.01 Å². The van der Waals surface area contributed by atoms with Crippen LogP contribution in [-0.4, -0.2) is 22.8 Å². The van der Waals surface area contributed by atoms with Gasteiger partial charge in [-0.15, -0.1) is 11.3 Å². The third kappa shape index (κ3) is 4.34. The molecular formula is C21H22N2OS. The molecule has 0 bridgehead atoms. The molecule has 25 heavy (non-hydrogen) atoms. The normalized spacial score (nSPS) is 11.9. The number of rotatable bonds is 6. The molecule has 0 aliphatic heterocycles. The number of aryl methyl sites for hydroxylation is 1. The van der Waals surface area contributed by atoms with E-state index >= 15 is 0 Å². The summed E-state index contributed by atoms with van der Waals surface area (Å²) in [6, 6.07) is 18.6. The zero-order valence-corrected chi connectivity index (χ0v) is 15.4. The Balaban J connectivity index is 1.83. The molecule has 128 valence electrons. The zero-order chi connectivity index (χ0) is 17.6. The quantitative estimate of drug-likeness (QED) is 0.649. The standard InChI is InChI=1S/C21H22N2OS/c1-16-8-6-7-11-18(16)19(17-9-4-3-5-10-17)14-21(24)23(2)15-20-22-12-13-25-20/h3-13,19H,14-15H2,1-2H3/t19-/m1/s1. The summed E-state index contributed by atoms with van der Waals surface area (Å²) >= 11 is 1.58. The van der Waals surface area contributed by atoms with Crippen molar-refractivity contribution < 1.29 is 4.79 Å². The van der Waals surface area contributed by atoms with E-state index in [1.54, 1.807) is 22.4 Å². The average molecular weight is 350 g/mol. The molecule has 3 rings (SSSR count). The van der Waals surface area contributed by atoms with Gasteiger partial charge in [0.15, 0.2) is 0 Å². The van der Waals surface area contributed by atoms with Gasteiger partial charge in [0.25, 0.3) is 0 Å². The molecule has 3 aromatic rings. The van der Waals surface area contributed by atoms with Crippen molar-refractivity contribution in [2.45, 2.75) is 25.8 Å². The second-order valence-corrected chi connectivity index (χ2v) is 7.18. The summed E-state index contributed by atoms with van der Waals surface area (Å²) in [6.07, 6.45) is 2.23. The maximum absolute atomic E-state index is 12.8. The van der Waals surface area contributed by atoms with Crippen molar-refractivity contribution in [3.63, 3.8) is 0 Å². The van der Waals surface area contributed by atoms with Gasteiger partial charge in [0.2, 0.25) is 5.91 Å². The van der Waals surface area contributed by atoms with Gasteiger partial charge in [-0.2, -0.15) is 0 Å². The average Bonchev–Trinajstić information content (AvgIpc) is 3.14. The van der Waals surface area contributed by atoms with E-state index in [9.17, 15) is 4.79 Å². The molecule has 1 atom stereocenters. The highest BCUT2D eigenvalue weighted by Crippen LogP contribution is 2.31. The van der Waals surface area contributed by atoms with Crippen LogP contribution in [-0.2, 0) is 11.3 Å². The van der Waals surface area contributed by atoms with Crippen LogP contribution in [0.2, 0.25) is 0 Å². The third-order valence-electron chi connectivity index (χ3n) is 4.43. The van der Waals surface area contributed by atoms with Gasteiger partial charge in [-0.05, 0) is 23.6 Å². The number of amides is 1. The van der Waals surface area contributed by atoms with E-state index in [1.807, 2.05) is 42.8 Å². The smallest absolute Gasteiger partial charge is 0.223 e. The Morgan fingerprint density at radius 2 is 1.84 bits per heavy atom. The van der Waals surface area contributed by atoms with E-state index in [4.69, 9.17) is 0 Å². The highest BCUT2D eigenvalue weighted by molar-refractivity contribution is 7.09. The fourth-order valence-corrected chi connectivity index (χ4v) is 3.69. The molecule has 0 radical (unpaired) electrons.